The number of fused-ring (bicyclic) bond motifs is 1. The van der Waals surface area contributed by atoms with Crippen molar-refractivity contribution in [1.29, 1.82) is 0 Å². The summed E-state index contributed by atoms with van der Waals surface area (Å²) in [4.78, 5) is 66.4. The summed E-state index contributed by atoms with van der Waals surface area (Å²) in [5, 5.41) is 30.4. The number of aryl methyl sites for hydroxylation is 1. The molecule has 244 valence electrons. The highest BCUT2D eigenvalue weighted by molar-refractivity contribution is 8.20. The lowest BCUT2D eigenvalue weighted by atomic mass is 10.0. The highest BCUT2D eigenvalue weighted by Gasteiger charge is 2.54. The van der Waals surface area contributed by atoms with Gasteiger partial charge in [0.05, 0.1) is 17.8 Å². The fraction of sp³-hybridized carbons (Fsp3) is 0.444. The normalized spacial score (nSPS) is 24.0. The summed E-state index contributed by atoms with van der Waals surface area (Å²) in [5.41, 5.74) is 2.03. The smallest absolute Gasteiger partial charge is 0.352 e. The number of benzene rings is 1. The summed E-state index contributed by atoms with van der Waals surface area (Å²) in [5.74, 6) is -0.448. The SMILES string of the molecule is Cc1nnc(SCC2=C(C(=O)O)N3C(=O)C(NC(=O)Cc4cccc(NC5SCC(C)S5)c4NC(=O)N4CCNC4=O)[C@@H]3SC2)s1. The molecule has 0 saturated carbocycles. The average Bonchev–Trinajstić information content (AvgIpc) is 3.76. The third-order valence-electron chi connectivity index (χ3n) is 7.39. The Balaban J connectivity index is 1.15. The summed E-state index contributed by atoms with van der Waals surface area (Å²) in [6.45, 7) is 4.54. The van der Waals surface area contributed by atoms with E-state index in [2.05, 4.69) is 38.4 Å². The van der Waals surface area contributed by atoms with E-state index in [0.717, 1.165) is 20.0 Å². The first-order valence-electron chi connectivity index (χ1n) is 14.2. The van der Waals surface area contributed by atoms with E-state index in [1.807, 2.05) is 6.92 Å². The number of rotatable bonds is 10. The monoisotopic (exact) mass is 722 g/mol. The van der Waals surface area contributed by atoms with E-state index in [9.17, 15) is 29.1 Å². The number of β-lactam (4-membered cyclic amide) rings is 1. The molecule has 0 radical (unpaired) electrons. The molecular formula is C27H30N8O6S5. The van der Waals surface area contributed by atoms with Crippen molar-refractivity contribution in [2.45, 2.75) is 46.0 Å². The Bertz CT molecular complexity index is 1620. The number of carbonyl (C=O) groups excluding carboxylic acids is 4. The molecule has 46 heavy (non-hydrogen) atoms. The van der Waals surface area contributed by atoms with Crippen molar-refractivity contribution in [2.24, 2.45) is 0 Å². The fourth-order valence-electron chi connectivity index (χ4n) is 5.25. The third-order valence-corrected chi connectivity index (χ3v) is 13.9. The van der Waals surface area contributed by atoms with Crippen molar-refractivity contribution in [3.8, 4) is 0 Å². The van der Waals surface area contributed by atoms with E-state index < -0.39 is 41.3 Å². The number of nitrogens with one attached hydrogen (secondary N) is 4. The van der Waals surface area contributed by atoms with Crippen LogP contribution in [0.3, 0.4) is 0 Å². The molecule has 0 spiro atoms. The van der Waals surface area contributed by atoms with Crippen LogP contribution in [0.5, 0.6) is 0 Å². The van der Waals surface area contributed by atoms with E-state index in [1.54, 1.807) is 41.7 Å². The highest BCUT2D eigenvalue weighted by atomic mass is 32.2. The molecule has 4 atom stereocenters. The van der Waals surface area contributed by atoms with Crippen LogP contribution in [0.1, 0.15) is 17.5 Å². The predicted molar refractivity (Wildman–Crippen MR) is 181 cm³/mol. The molecule has 4 aliphatic heterocycles. The molecular weight excluding hydrogens is 693 g/mol. The van der Waals surface area contributed by atoms with E-state index in [4.69, 9.17) is 0 Å². The number of hydrogen-bond donors (Lipinski definition) is 5. The minimum Gasteiger partial charge on any atom is -0.477 e. The fourth-order valence-corrected chi connectivity index (χ4v) is 11.5. The second-order valence-electron chi connectivity index (χ2n) is 10.7. The second-order valence-corrected chi connectivity index (χ2v) is 17.2. The second kappa shape index (κ2) is 13.9. The third kappa shape index (κ3) is 6.92. The number of carboxylic acid groups (broad SMARTS) is 1. The number of carboxylic acids is 1. The van der Waals surface area contributed by atoms with Gasteiger partial charge in [0.2, 0.25) is 5.91 Å². The summed E-state index contributed by atoms with van der Waals surface area (Å²) < 4.78 is 0.754. The van der Waals surface area contributed by atoms with E-state index >= 15 is 0 Å². The number of imide groups is 1. The minimum atomic E-state index is -1.20. The lowest BCUT2D eigenvalue weighted by molar-refractivity contribution is -0.150. The van der Waals surface area contributed by atoms with Crippen molar-refractivity contribution in [2.75, 3.05) is 41.0 Å². The van der Waals surface area contributed by atoms with Gasteiger partial charge in [0.1, 0.15) is 26.8 Å². The summed E-state index contributed by atoms with van der Waals surface area (Å²) >= 11 is 7.69. The molecule has 14 nitrogen and oxygen atoms in total. The summed E-state index contributed by atoms with van der Waals surface area (Å²) in [6.07, 6.45) is -0.162. The zero-order valence-corrected chi connectivity index (χ0v) is 28.7. The lowest BCUT2D eigenvalue weighted by Crippen LogP contribution is -2.70. The molecule has 6 rings (SSSR count). The number of carbonyl (C=O) groups is 5. The quantitative estimate of drug-likeness (QED) is 0.178. The molecule has 5 heterocycles. The van der Waals surface area contributed by atoms with Crippen LogP contribution < -0.4 is 21.3 Å². The molecule has 0 aliphatic carbocycles. The number of aliphatic carboxylic acids is 1. The van der Waals surface area contributed by atoms with Gasteiger partial charge in [0.15, 0.2) is 4.34 Å². The van der Waals surface area contributed by atoms with Gasteiger partial charge >= 0.3 is 18.0 Å². The molecule has 2 aromatic rings. The molecule has 3 fully saturated rings. The maximum atomic E-state index is 13.4. The van der Waals surface area contributed by atoms with Gasteiger partial charge in [-0.05, 0) is 24.1 Å². The van der Waals surface area contributed by atoms with Crippen LogP contribution >= 0.6 is 58.4 Å². The van der Waals surface area contributed by atoms with Crippen LogP contribution in [0.15, 0.2) is 33.8 Å². The van der Waals surface area contributed by atoms with Crippen molar-refractivity contribution in [3.63, 3.8) is 0 Å². The van der Waals surface area contributed by atoms with Gasteiger partial charge in [-0.15, -0.1) is 45.5 Å². The number of thioether (sulfide) groups is 4. The molecule has 3 unspecified atom stereocenters. The zero-order valence-electron chi connectivity index (χ0n) is 24.6. The van der Waals surface area contributed by atoms with Crippen LogP contribution in [0, 0.1) is 6.92 Å². The minimum absolute atomic E-state index is 0.0360. The first-order valence-corrected chi connectivity index (χ1v) is 19.1. The number of urea groups is 2. The first kappa shape index (κ1) is 32.8. The van der Waals surface area contributed by atoms with Gasteiger partial charge in [-0.3, -0.25) is 14.5 Å². The first-order chi connectivity index (χ1) is 22.1. The Morgan fingerprint density at radius 2 is 2.02 bits per heavy atom. The maximum Gasteiger partial charge on any atom is 0.352 e. The number of para-hydroxylation sites is 1. The van der Waals surface area contributed by atoms with E-state index in [-0.39, 0.29) is 23.4 Å². The van der Waals surface area contributed by atoms with Crippen LogP contribution in [0.2, 0.25) is 0 Å². The lowest BCUT2D eigenvalue weighted by Gasteiger charge is -2.49. The molecule has 5 N–H and O–H groups in total. The molecule has 3 saturated heterocycles. The van der Waals surface area contributed by atoms with Crippen molar-refractivity contribution < 1.29 is 29.1 Å². The Kier molecular flexibility index (Phi) is 9.93. The Morgan fingerprint density at radius 3 is 2.70 bits per heavy atom. The van der Waals surface area contributed by atoms with E-state index in [1.165, 1.54) is 39.8 Å². The van der Waals surface area contributed by atoms with Crippen molar-refractivity contribution in [1.82, 2.24) is 30.6 Å². The molecule has 19 heteroatoms. The predicted octanol–water partition coefficient (Wildman–Crippen LogP) is 3.04. The number of nitrogens with zero attached hydrogens (tertiary/aromatic N) is 4. The van der Waals surface area contributed by atoms with Gasteiger partial charge in [0.25, 0.3) is 5.91 Å². The average molecular weight is 723 g/mol. The Hall–Kier alpha value is -3.13. The van der Waals surface area contributed by atoms with E-state index in [0.29, 0.717) is 45.8 Å². The topological polar surface area (TPSA) is 186 Å². The molecule has 1 aromatic carbocycles. The Morgan fingerprint density at radius 1 is 1.20 bits per heavy atom. The molecule has 0 bridgehead atoms. The van der Waals surface area contributed by atoms with Crippen LogP contribution in [-0.2, 0) is 20.8 Å². The highest BCUT2D eigenvalue weighted by Crippen LogP contribution is 2.42. The van der Waals surface area contributed by atoms with Gasteiger partial charge < -0.3 is 26.4 Å². The Labute approximate surface area is 285 Å². The summed E-state index contributed by atoms with van der Waals surface area (Å²) in [6, 6.07) is 3.28. The standard InChI is InChI=1S/C27H30N8O6S5/c1-12-9-43-26(45-12)29-16-5-3-4-14(18(16)31-25(41)34-7-6-28-24(34)40)8-17(36)30-19-21(37)35-20(23(38)39)15(10-42-22(19)35)11-44-27-33-32-13(2)46-27/h3-5,12,19,22,26,29H,6-11H2,1-2H3,(H,28,40)(H,30,36)(H,31,41)(H,38,39)/t12?,19?,22-,26?/m0/s1. The van der Waals surface area contributed by atoms with Crippen molar-refractivity contribution >= 4 is 99.6 Å². The number of amides is 6. The van der Waals surface area contributed by atoms with Crippen LogP contribution in [0.4, 0.5) is 21.0 Å². The van der Waals surface area contributed by atoms with Gasteiger partial charge in [-0.25, -0.2) is 19.3 Å². The van der Waals surface area contributed by atoms with Crippen molar-refractivity contribution in [3.05, 3.63) is 40.0 Å². The zero-order chi connectivity index (χ0) is 32.5. The number of anilines is 2. The maximum absolute atomic E-state index is 13.4. The van der Waals surface area contributed by atoms with Crippen LogP contribution in [-0.4, -0.2) is 107 Å². The van der Waals surface area contributed by atoms with Gasteiger partial charge in [0, 0.05) is 35.6 Å². The number of hydrogen-bond acceptors (Lipinski definition) is 13. The van der Waals surface area contributed by atoms with Gasteiger partial charge in [-0.2, -0.15) is 0 Å². The van der Waals surface area contributed by atoms with Crippen LogP contribution in [0.25, 0.3) is 0 Å². The molecule has 4 aliphatic rings. The molecule has 1 aromatic heterocycles. The van der Waals surface area contributed by atoms with Gasteiger partial charge in [-0.1, -0.05) is 42.2 Å². The molecule has 6 amide bonds. The summed E-state index contributed by atoms with van der Waals surface area (Å²) in [7, 11) is 0. The number of aromatic nitrogens is 2. The largest absolute Gasteiger partial charge is 0.477 e.